The first-order chi connectivity index (χ1) is 11.9. The molecule has 2 aromatic rings. The maximum Gasteiger partial charge on any atom is 0.317 e. The maximum atomic E-state index is 12.4. The molecule has 0 unspecified atom stereocenters. The van der Waals surface area contributed by atoms with Crippen LogP contribution in [0.15, 0.2) is 24.4 Å². The number of rotatable bonds is 7. The Labute approximate surface area is 153 Å². The molecular weight excluding hydrogens is 340 g/mol. The lowest BCUT2D eigenvalue weighted by Gasteiger charge is -2.20. The molecule has 1 aromatic carbocycles. The molecule has 1 aromatic heterocycles. The van der Waals surface area contributed by atoms with Crippen LogP contribution in [0.2, 0.25) is 5.02 Å². The van der Waals surface area contributed by atoms with Crippen LogP contribution in [0, 0.1) is 6.92 Å². The van der Waals surface area contributed by atoms with E-state index in [4.69, 9.17) is 16.3 Å². The summed E-state index contributed by atoms with van der Waals surface area (Å²) in [6, 6.07) is 5.27. The fourth-order valence-corrected chi connectivity index (χ4v) is 2.69. The highest BCUT2D eigenvalue weighted by atomic mass is 35.5. The summed E-state index contributed by atoms with van der Waals surface area (Å²) >= 11 is 6.07. The van der Waals surface area contributed by atoms with Crippen molar-refractivity contribution >= 4 is 17.6 Å². The second-order valence-corrected chi connectivity index (χ2v) is 6.23. The molecule has 2 amide bonds. The highest BCUT2D eigenvalue weighted by Gasteiger charge is 2.13. The summed E-state index contributed by atoms with van der Waals surface area (Å²) in [4.78, 5) is 14.0. The third-order valence-electron chi connectivity index (χ3n) is 3.88. The first kappa shape index (κ1) is 19.1. The molecule has 1 N–H and O–H groups in total. The van der Waals surface area contributed by atoms with Gasteiger partial charge in [0.25, 0.3) is 0 Å². The molecule has 0 bridgehead atoms. The van der Waals surface area contributed by atoms with Crippen molar-refractivity contribution in [2.75, 3.05) is 13.7 Å². The first-order valence-electron chi connectivity index (χ1n) is 8.37. The molecule has 0 fully saturated rings. The SMILES string of the molecule is CCOc1ccc(Cl)cc1CN(C)C(=O)NCc1cn(CC)nc1C. The molecular formula is C18H25ClN4O2. The molecule has 0 saturated carbocycles. The highest BCUT2D eigenvalue weighted by molar-refractivity contribution is 6.30. The lowest BCUT2D eigenvalue weighted by molar-refractivity contribution is 0.205. The van der Waals surface area contributed by atoms with Crippen molar-refractivity contribution in [1.29, 1.82) is 0 Å². The van der Waals surface area contributed by atoms with Crippen LogP contribution < -0.4 is 10.1 Å². The number of carbonyl (C=O) groups is 1. The molecule has 0 spiro atoms. The van der Waals surface area contributed by atoms with Crippen molar-refractivity contribution in [3.63, 3.8) is 0 Å². The van der Waals surface area contributed by atoms with Gasteiger partial charge in [-0.2, -0.15) is 5.10 Å². The number of nitrogens with zero attached hydrogens (tertiary/aromatic N) is 3. The van der Waals surface area contributed by atoms with Gasteiger partial charge in [0.05, 0.1) is 18.8 Å². The van der Waals surface area contributed by atoms with Crippen molar-refractivity contribution in [1.82, 2.24) is 20.0 Å². The number of carbonyl (C=O) groups excluding carboxylic acids is 1. The average Bonchev–Trinajstić information content (AvgIpc) is 2.95. The number of hydrogen-bond donors (Lipinski definition) is 1. The van der Waals surface area contributed by atoms with Gasteiger partial charge in [0.15, 0.2) is 0 Å². The molecule has 0 atom stereocenters. The van der Waals surface area contributed by atoms with Gasteiger partial charge in [-0.15, -0.1) is 0 Å². The first-order valence-corrected chi connectivity index (χ1v) is 8.75. The van der Waals surface area contributed by atoms with Crippen LogP contribution in [-0.4, -0.2) is 34.4 Å². The van der Waals surface area contributed by atoms with E-state index >= 15 is 0 Å². The van der Waals surface area contributed by atoms with E-state index in [1.54, 1.807) is 18.0 Å². The van der Waals surface area contributed by atoms with Crippen LogP contribution in [-0.2, 0) is 19.6 Å². The summed E-state index contributed by atoms with van der Waals surface area (Å²) in [5, 5.41) is 7.93. The van der Waals surface area contributed by atoms with Gasteiger partial charge >= 0.3 is 6.03 Å². The Morgan fingerprint density at radius 3 is 2.76 bits per heavy atom. The van der Waals surface area contributed by atoms with Gasteiger partial charge in [0, 0.05) is 42.5 Å². The van der Waals surface area contributed by atoms with E-state index < -0.39 is 0 Å². The number of ether oxygens (including phenoxy) is 1. The Kier molecular flexibility index (Phi) is 6.70. The standard InChI is InChI=1S/C18H25ClN4O2/c1-5-23-12-15(13(3)21-23)10-20-18(24)22(4)11-14-9-16(19)7-8-17(14)25-6-2/h7-9,12H,5-6,10-11H2,1-4H3,(H,20,24). The number of nitrogens with one attached hydrogen (secondary N) is 1. The van der Waals surface area contributed by atoms with Crippen LogP contribution >= 0.6 is 11.6 Å². The molecule has 2 rings (SSSR count). The van der Waals surface area contributed by atoms with E-state index in [-0.39, 0.29) is 6.03 Å². The summed E-state index contributed by atoms with van der Waals surface area (Å²) in [5.74, 6) is 0.742. The molecule has 0 radical (unpaired) electrons. The number of aryl methyl sites for hydroxylation is 2. The number of benzene rings is 1. The third kappa shape index (κ3) is 5.13. The second-order valence-electron chi connectivity index (χ2n) is 5.80. The average molecular weight is 365 g/mol. The van der Waals surface area contributed by atoms with Gasteiger partial charge < -0.3 is 15.0 Å². The van der Waals surface area contributed by atoms with Gasteiger partial charge in [0.1, 0.15) is 5.75 Å². The van der Waals surface area contributed by atoms with Gasteiger partial charge in [-0.25, -0.2) is 4.79 Å². The second kappa shape index (κ2) is 8.76. The zero-order valence-electron chi connectivity index (χ0n) is 15.2. The monoisotopic (exact) mass is 364 g/mol. The van der Waals surface area contributed by atoms with E-state index in [2.05, 4.69) is 10.4 Å². The quantitative estimate of drug-likeness (QED) is 0.816. The topological polar surface area (TPSA) is 59.4 Å². The van der Waals surface area contributed by atoms with Crippen LogP contribution in [0.5, 0.6) is 5.75 Å². The number of hydrogen-bond acceptors (Lipinski definition) is 3. The number of amides is 2. The number of halogens is 1. The number of urea groups is 1. The summed E-state index contributed by atoms with van der Waals surface area (Å²) in [6.45, 7) is 8.13. The van der Waals surface area contributed by atoms with Crippen molar-refractivity contribution in [2.24, 2.45) is 0 Å². The van der Waals surface area contributed by atoms with Crippen molar-refractivity contribution in [3.8, 4) is 5.75 Å². The Balaban J connectivity index is 1.98. The molecule has 6 nitrogen and oxygen atoms in total. The fourth-order valence-electron chi connectivity index (χ4n) is 2.50. The van der Waals surface area contributed by atoms with Crippen molar-refractivity contribution in [3.05, 3.63) is 46.2 Å². The van der Waals surface area contributed by atoms with E-state index in [9.17, 15) is 4.79 Å². The van der Waals surface area contributed by atoms with Crippen LogP contribution in [0.3, 0.4) is 0 Å². The van der Waals surface area contributed by atoms with Gasteiger partial charge in [-0.1, -0.05) is 11.6 Å². The van der Waals surface area contributed by atoms with E-state index in [0.717, 1.165) is 29.1 Å². The smallest absolute Gasteiger partial charge is 0.317 e. The van der Waals surface area contributed by atoms with Crippen LogP contribution in [0.4, 0.5) is 4.79 Å². The lowest BCUT2D eigenvalue weighted by Crippen LogP contribution is -2.36. The minimum absolute atomic E-state index is 0.161. The molecule has 0 aliphatic carbocycles. The maximum absolute atomic E-state index is 12.4. The molecule has 0 saturated heterocycles. The predicted octanol–water partition coefficient (Wildman–Crippen LogP) is 3.61. The van der Waals surface area contributed by atoms with E-state index in [1.807, 2.05) is 43.8 Å². The van der Waals surface area contributed by atoms with Gasteiger partial charge in [-0.3, -0.25) is 4.68 Å². The zero-order valence-corrected chi connectivity index (χ0v) is 15.9. The van der Waals surface area contributed by atoms with Crippen LogP contribution in [0.1, 0.15) is 30.7 Å². The zero-order chi connectivity index (χ0) is 18.4. The predicted molar refractivity (Wildman–Crippen MR) is 99.0 cm³/mol. The number of aromatic nitrogens is 2. The van der Waals surface area contributed by atoms with Crippen molar-refractivity contribution < 1.29 is 9.53 Å². The normalized spacial score (nSPS) is 10.6. The van der Waals surface area contributed by atoms with E-state index in [0.29, 0.717) is 24.7 Å². The molecule has 25 heavy (non-hydrogen) atoms. The molecule has 7 heteroatoms. The largest absolute Gasteiger partial charge is 0.494 e. The Bertz CT molecular complexity index is 730. The van der Waals surface area contributed by atoms with Crippen LogP contribution in [0.25, 0.3) is 0 Å². The third-order valence-corrected chi connectivity index (χ3v) is 4.11. The minimum atomic E-state index is -0.161. The summed E-state index contributed by atoms with van der Waals surface area (Å²) < 4.78 is 7.47. The Hall–Kier alpha value is -2.21. The molecule has 0 aliphatic heterocycles. The summed E-state index contributed by atoms with van der Waals surface area (Å²) in [7, 11) is 1.74. The Morgan fingerprint density at radius 1 is 1.36 bits per heavy atom. The Morgan fingerprint density at radius 2 is 2.12 bits per heavy atom. The van der Waals surface area contributed by atoms with Crippen molar-refractivity contribution in [2.45, 2.75) is 40.4 Å². The summed E-state index contributed by atoms with van der Waals surface area (Å²) in [5.41, 5.74) is 2.82. The highest BCUT2D eigenvalue weighted by Crippen LogP contribution is 2.24. The molecule has 0 aliphatic rings. The summed E-state index contributed by atoms with van der Waals surface area (Å²) in [6.07, 6.45) is 1.96. The van der Waals surface area contributed by atoms with E-state index in [1.165, 1.54) is 0 Å². The minimum Gasteiger partial charge on any atom is -0.494 e. The van der Waals surface area contributed by atoms with Gasteiger partial charge in [-0.05, 0) is 39.0 Å². The molecule has 136 valence electrons. The lowest BCUT2D eigenvalue weighted by atomic mass is 10.2. The van der Waals surface area contributed by atoms with Gasteiger partial charge in [0.2, 0.25) is 0 Å². The molecule has 1 heterocycles. The fraction of sp³-hybridized carbons (Fsp3) is 0.444.